The fourth-order valence-corrected chi connectivity index (χ4v) is 2.37. The molecule has 24 heavy (non-hydrogen) atoms. The van der Waals surface area contributed by atoms with Crippen LogP contribution < -0.4 is 15.4 Å². The first-order valence-corrected chi connectivity index (χ1v) is 7.61. The van der Waals surface area contributed by atoms with Gasteiger partial charge in [-0.2, -0.15) is 5.10 Å². The molecule has 2 rings (SSSR count). The van der Waals surface area contributed by atoms with E-state index in [9.17, 15) is 4.79 Å². The van der Waals surface area contributed by atoms with Crippen LogP contribution >= 0.6 is 0 Å². The monoisotopic (exact) mass is 327 g/mol. The maximum atomic E-state index is 11.8. The van der Waals surface area contributed by atoms with E-state index in [-0.39, 0.29) is 12.5 Å². The van der Waals surface area contributed by atoms with Crippen molar-refractivity contribution in [3.05, 3.63) is 35.2 Å². The van der Waals surface area contributed by atoms with Crippen molar-refractivity contribution >= 4 is 11.7 Å². The topological polar surface area (TPSA) is 81.1 Å². The quantitative estimate of drug-likeness (QED) is 0.751. The second-order valence-corrected chi connectivity index (χ2v) is 5.08. The molecule has 2 aromatic rings. The number of carbonyl (C=O) groups is 1. The van der Waals surface area contributed by atoms with Crippen molar-refractivity contribution in [3.8, 4) is 18.2 Å². The molecule has 0 unspecified atom stereocenters. The van der Waals surface area contributed by atoms with Crippen molar-refractivity contribution in [2.75, 3.05) is 19.0 Å². The highest BCUT2D eigenvalue weighted by Gasteiger charge is 2.15. The predicted octanol–water partition coefficient (Wildman–Crippen LogP) is 1.36. The Morgan fingerprint density at radius 3 is 2.83 bits per heavy atom. The van der Waals surface area contributed by atoms with Gasteiger partial charge in [0, 0.05) is 19.8 Å². The number of terminal acetylenes is 1. The maximum absolute atomic E-state index is 11.8. The molecule has 0 aliphatic rings. The molecular formula is C17H21N5O2. The summed E-state index contributed by atoms with van der Waals surface area (Å²) in [7, 11) is 3.48. The van der Waals surface area contributed by atoms with Gasteiger partial charge in [-0.3, -0.25) is 4.79 Å². The summed E-state index contributed by atoms with van der Waals surface area (Å²) in [5.74, 6) is 3.51. The Labute approximate surface area is 141 Å². The van der Waals surface area contributed by atoms with Gasteiger partial charge in [0.1, 0.15) is 5.82 Å². The van der Waals surface area contributed by atoms with E-state index in [2.05, 4.69) is 26.6 Å². The molecule has 0 aliphatic heterocycles. The zero-order chi connectivity index (χ0) is 17.5. The lowest BCUT2D eigenvalue weighted by Gasteiger charge is -2.08. The Hall–Kier alpha value is -3.01. The summed E-state index contributed by atoms with van der Waals surface area (Å²) in [4.78, 5) is 16.0. The number of amides is 1. The van der Waals surface area contributed by atoms with Crippen LogP contribution in [-0.2, 0) is 20.0 Å². The third kappa shape index (κ3) is 3.84. The number of aryl methyl sites for hydroxylation is 2. The molecule has 0 aromatic carbocycles. The largest absolute Gasteiger partial charge is 0.481 e. The highest BCUT2D eigenvalue weighted by molar-refractivity contribution is 5.94. The Balaban J connectivity index is 2.05. The number of hydrogen-bond acceptors (Lipinski definition) is 5. The van der Waals surface area contributed by atoms with Gasteiger partial charge in [0.15, 0.2) is 0 Å². The fourth-order valence-electron chi connectivity index (χ4n) is 2.37. The molecule has 0 fully saturated rings. The second kappa shape index (κ2) is 8.02. The number of ether oxygens (including phenoxy) is 1. The van der Waals surface area contributed by atoms with Gasteiger partial charge < -0.3 is 15.4 Å². The van der Waals surface area contributed by atoms with Crippen molar-refractivity contribution in [3.63, 3.8) is 0 Å². The summed E-state index contributed by atoms with van der Waals surface area (Å²) in [6, 6.07) is 3.45. The normalized spacial score (nSPS) is 10.1. The molecule has 7 nitrogen and oxygen atoms in total. The molecule has 0 atom stereocenters. The molecule has 0 radical (unpaired) electrons. The van der Waals surface area contributed by atoms with Gasteiger partial charge in [-0.05, 0) is 18.6 Å². The van der Waals surface area contributed by atoms with Gasteiger partial charge in [0.2, 0.25) is 5.88 Å². The molecule has 126 valence electrons. The summed E-state index contributed by atoms with van der Waals surface area (Å²) in [6.07, 6.45) is 7.44. The smallest absolute Gasteiger partial charge is 0.253 e. The molecule has 0 saturated heterocycles. The Bertz CT molecular complexity index is 744. The molecule has 2 N–H and O–H groups in total. The van der Waals surface area contributed by atoms with Crippen LogP contribution in [0.15, 0.2) is 18.3 Å². The van der Waals surface area contributed by atoms with E-state index < -0.39 is 0 Å². The number of pyridine rings is 1. The van der Waals surface area contributed by atoms with Crippen LogP contribution in [0.3, 0.4) is 0 Å². The van der Waals surface area contributed by atoms with E-state index in [1.165, 1.54) is 6.20 Å². The van der Waals surface area contributed by atoms with E-state index >= 15 is 0 Å². The summed E-state index contributed by atoms with van der Waals surface area (Å²) in [5.41, 5.74) is 2.44. The summed E-state index contributed by atoms with van der Waals surface area (Å²) < 4.78 is 7.13. The highest BCUT2D eigenvalue weighted by atomic mass is 16.5. The van der Waals surface area contributed by atoms with Gasteiger partial charge in [0.05, 0.1) is 30.5 Å². The highest BCUT2D eigenvalue weighted by Crippen LogP contribution is 2.23. The lowest BCUT2D eigenvalue weighted by atomic mass is 10.2. The van der Waals surface area contributed by atoms with Crippen molar-refractivity contribution in [1.82, 2.24) is 20.1 Å². The van der Waals surface area contributed by atoms with E-state index in [1.807, 2.05) is 14.0 Å². The van der Waals surface area contributed by atoms with Crippen molar-refractivity contribution < 1.29 is 9.53 Å². The van der Waals surface area contributed by atoms with Gasteiger partial charge in [0.25, 0.3) is 5.91 Å². The number of carbonyl (C=O) groups excluding carboxylic acids is 1. The molecule has 0 saturated carbocycles. The van der Waals surface area contributed by atoms with Crippen LogP contribution in [0, 0.1) is 12.3 Å². The van der Waals surface area contributed by atoms with Crippen LogP contribution in [0.25, 0.3) is 0 Å². The van der Waals surface area contributed by atoms with Crippen LogP contribution in [0.4, 0.5) is 5.82 Å². The average Bonchev–Trinajstić information content (AvgIpc) is 2.92. The van der Waals surface area contributed by atoms with Gasteiger partial charge in [-0.25, -0.2) is 9.67 Å². The minimum Gasteiger partial charge on any atom is -0.481 e. The minimum absolute atomic E-state index is 0.194. The number of methoxy groups -OCH3 is 1. The van der Waals surface area contributed by atoms with Crippen LogP contribution in [0.2, 0.25) is 0 Å². The number of aromatic nitrogens is 3. The van der Waals surface area contributed by atoms with Crippen LogP contribution in [-0.4, -0.2) is 34.3 Å². The SMILES string of the molecule is C#CCNC(=O)c1ccc(NCc2c(CC)nn(C)c2OC)nc1. The zero-order valence-corrected chi connectivity index (χ0v) is 14.1. The van der Waals surface area contributed by atoms with Crippen LogP contribution in [0.1, 0.15) is 28.5 Å². The molecule has 0 aliphatic carbocycles. The predicted molar refractivity (Wildman–Crippen MR) is 91.9 cm³/mol. The second-order valence-electron chi connectivity index (χ2n) is 5.08. The molecule has 7 heteroatoms. The number of anilines is 1. The first-order valence-electron chi connectivity index (χ1n) is 7.61. The van der Waals surface area contributed by atoms with Crippen molar-refractivity contribution in [1.29, 1.82) is 0 Å². The Morgan fingerprint density at radius 2 is 2.25 bits per heavy atom. The van der Waals surface area contributed by atoms with Gasteiger partial charge in [-0.15, -0.1) is 6.42 Å². The van der Waals surface area contributed by atoms with E-state index in [4.69, 9.17) is 11.2 Å². The van der Waals surface area contributed by atoms with E-state index in [0.29, 0.717) is 17.9 Å². The Morgan fingerprint density at radius 1 is 1.46 bits per heavy atom. The fraction of sp³-hybridized carbons (Fsp3) is 0.353. The summed E-state index contributed by atoms with van der Waals surface area (Å²) in [6.45, 7) is 2.78. The molecule has 1 amide bonds. The van der Waals surface area contributed by atoms with Crippen molar-refractivity contribution in [2.24, 2.45) is 7.05 Å². The molecule has 2 aromatic heterocycles. The van der Waals surface area contributed by atoms with E-state index in [0.717, 1.165) is 23.6 Å². The van der Waals surface area contributed by atoms with Gasteiger partial charge in [-0.1, -0.05) is 12.8 Å². The average molecular weight is 327 g/mol. The summed E-state index contributed by atoms with van der Waals surface area (Å²) in [5, 5.41) is 10.3. The van der Waals surface area contributed by atoms with Gasteiger partial charge >= 0.3 is 0 Å². The third-order valence-electron chi connectivity index (χ3n) is 3.52. The summed E-state index contributed by atoms with van der Waals surface area (Å²) >= 11 is 0. The third-order valence-corrected chi connectivity index (χ3v) is 3.52. The minimum atomic E-state index is -0.241. The first-order chi connectivity index (χ1) is 11.6. The van der Waals surface area contributed by atoms with Crippen LogP contribution in [0.5, 0.6) is 5.88 Å². The number of rotatable bonds is 7. The molecular weight excluding hydrogens is 306 g/mol. The van der Waals surface area contributed by atoms with Crippen molar-refractivity contribution in [2.45, 2.75) is 19.9 Å². The first kappa shape index (κ1) is 17.3. The molecule has 0 bridgehead atoms. The Kier molecular flexibility index (Phi) is 5.79. The standard InChI is InChI=1S/C17H21N5O2/c1-5-9-18-16(23)12-7-8-15(19-10-12)20-11-13-14(6-2)21-22(3)17(13)24-4/h1,7-8,10H,6,9,11H2,2-4H3,(H,18,23)(H,19,20). The number of hydrogen-bond donors (Lipinski definition) is 2. The molecule has 2 heterocycles. The van der Waals surface area contributed by atoms with E-state index in [1.54, 1.807) is 23.9 Å². The zero-order valence-electron chi connectivity index (χ0n) is 14.1. The lowest BCUT2D eigenvalue weighted by Crippen LogP contribution is -2.23. The number of nitrogens with one attached hydrogen (secondary N) is 2. The molecule has 0 spiro atoms. The lowest BCUT2D eigenvalue weighted by molar-refractivity contribution is 0.0958. The number of nitrogens with zero attached hydrogens (tertiary/aromatic N) is 3. The maximum Gasteiger partial charge on any atom is 0.253 e.